The van der Waals surface area contributed by atoms with Crippen LogP contribution in [0.25, 0.3) is 0 Å². The second kappa shape index (κ2) is 7.78. The Balaban J connectivity index is 3.53. The van der Waals surface area contributed by atoms with E-state index in [-0.39, 0.29) is 0 Å². The van der Waals surface area contributed by atoms with Gasteiger partial charge < -0.3 is 14.2 Å². The molecule has 0 aromatic heterocycles. The Bertz CT molecular complexity index is 235. The van der Waals surface area contributed by atoms with Gasteiger partial charge in [0.05, 0.1) is 0 Å². The molecule has 0 aliphatic rings. The van der Waals surface area contributed by atoms with E-state index in [4.69, 9.17) is 0 Å². The van der Waals surface area contributed by atoms with Crippen LogP contribution < -0.4 is 0 Å². The molecule has 0 saturated carbocycles. The quantitative estimate of drug-likeness (QED) is 0.462. The van der Waals surface area contributed by atoms with Gasteiger partial charge in [-0.3, -0.25) is 4.79 Å². The SMILES string of the molecule is CC[C]OC(=O)COC(=O)COC(C)=O. The van der Waals surface area contributed by atoms with E-state index in [1.54, 1.807) is 6.92 Å². The van der Waals surface area contributed by atoms with E-state index in [2.05, 4.69) is 20.8 Å². The first kappa shape index (κ1) is 13.4. The zero-order chi connectivity index (χ0) is 11.7. The number of esters is 3. The van der Waals surface area contributed by atoms with Gasteiger partial charge in [0.15, 0.2) is 19.8 Å². The summed E-state index contributed by atoms with van der Waals surface area (Å²) in [5, 5.41) is 0. The van der Waals surface area contributed by atoms with Crippen LogP contribution in [0.1, 0.15) is 20.3 Å². The van der Waals surface area contributed by atoms with Crippen molar-refractivity contribution in [2.24, 2.45) is 0 Å². The van der Waals surface area contributed by atoms with Crippen LogP contribution in [-0.4, -0.2) is 31.1 Å². The van der Waals surface area contributed by atoms with Gasteiger partial charge in [-0.05, 0) is 6.42 Å². The number of rotatable bonds is 6. The molecular formula is C9H12O6. The van der Waals surface area contributed by atoms with Crippen molar-refractivity contribution in [3.63, 3.8) is 0 Å². The predicted molar refractivity (Wildman–Crippen MR) is 47.2 cm³/mol. The first-order valence-corrected chi connectivity index (χ1v) is 4.27. The van der Waals surface area contributed by atoms with Crippen molar-refractivity contribution in [1.82, 2.24) is 0 Å². The van der Waals surface area contributed by atoms with Crippen LogP contribution in [0.3, 0.4) is 0 Å². The first-order valence-electron chi connectivity index (χ1n) is 4.27. The molecule has 6 nitrogen and oxygen atoms in total. The Kier molecular flexibility index (Phi) is 6.96. The average Bonchev–Trinajstić information content (AvgIpc) is 2.20. The lowest BCUT2D eigenvalue weighted by Gasteiger charge is -2.04. The number of hydrogen-bond donors (Lipinski definition) is 0. The van der Waals surface area contributed by atoms with E-state index >= 15 is 0 Å². The maximum atomic E-state index is 10.8. The molecule has 0 N–H and O–H groups in total. The number of carbonyl (C=O) groups is 3. The third kappa shape index (κ3) is 8.73. The van der Waals surface area contributed by atoms with Gasteiger partial charge in [0.1, 0.15) is 0 Å². The largest absolute Gasteiger partial charge is 0.454 e. The summed E-state index contributed by atoms with van der Waals surface area (Å²) in [7, 11) is 0. The highest BCUT2D eigenvalue weighted by Gasteiger charge is 2.09. The second-order valence-electron chi connectivity index (χ2n) is 2.41. The lowest BCUT2D eigenvalue weighted by Crippen LogP contribution is -2.20. The topological polar surface area (TPSA) is 78.9 Å². The van der Waals surface area contributed by atoms with Crippen molar-refractivity contribution < 1.29 is 28.6 Å². The molecule has 0 heterocycles. The van der Waals surface area contributed by atoms with Crippen LogP contribution >= 0.6 is 0 Å². The minimum atomic E-state index is -0.807. The highest BCUT2D eigenvalue weighted by atomic mass is 16.6. The van der Waals surface area contributed by atoms with Crippen LogP contribution in [0, 0.1) is 6.61 Å². The van der Waals surface area contributed by atoms with Gasteiger partial charge in [-0.1, -0.05) is 6.92 Å². The molecule has 0 spiro atoms. The van der Waals surface area contributed by atoms with Gasteiger partial charge in [0.25, 0.3) is 0 Å². The van der Waals surface area contributed by atoms with Crippen molar-refractivity contribution in [3.05, 3.63) is 6.61 Å². The lowest BCUT2D eigenvalue weighted by atomic mass is 10.5. The average molecular weight is 216 g/mol. The molecule has 0 saturated heterocycles. The summed E-state index contributed by atoms with van der Waals surface area (Å²) < 4.78 is 13.1. The van der Waals surface area contributed by atoms with Gasteiger partial charge in [0.2, 0.25) is 0 Å². The molecule has 0 aromatic carbocycles. The van der Waals surface area contributed by atoms with Gasteiger partial charge in [-0.2, -0.15) is 0 Å². The normalized spacial score (nSPS) is 9.20. The zero-order valence-electron chi connectivity index (χ0n) is 8.57. The van der Waals surface area contributed by atoms with Gasteiger partial charge >= 0.3 is 17.9 Å². The van der Waals surface area contributed by atoms with E-state index in [0.717, 1.165) is 6.92 Å². The molecule has 0 aliphatic carbocycles. The molecule has 0 atom stereocenters. The van der Waals surface area contributed by atoms with Crippen molar-refractivity contribution in [2.75, 3.05) is 13.2 Å². The van der Waals surface area contributed by atoms with Crippen molar-refractivity contribution in [3.8, 4) is 0 Å². The fourth-order valence-electron chi connectivity index (χ4n) is 0.524. The van der Waals surface area contributed by atoms with Crippen LogP contribution in [-0.2, 0) is 28.6 Å². The van der Waals surface area contributed by atoms with Crippen LogP contribution in [0.5, 0.6) is 0 Å². The fourth-order valence-corrected chi connectivity index (χ4v) is 0.524. The standard InChI is InChI=1S/C9H12O6/c1-3-4-13-8(11)6-15-9(12)5-14-7(2)10/h3,5-6H2,1-2H3. The molecule has 0 aliphatic heterocycles. The van der Waals surface area contributed by atoms with Crippen molar-refractivity contribution in [1.29, 1.82) is 0 Å². The highest BCUT2D eigenvalue weighted by molar-refractivity contribution is 5.78. The van der Waals surface area contributed by atoms with Crippen molar-refractivity contribution >= 4 is 17.9 Å². The summed E-state index contributed by atoms with van der Waals surface area (Å²) in [5.74, 6) is -2.13. The Morgan fingerprint density at radius 1 is 1.07 bits per heavy atom. The summed E-state index contributed by atoms with van der Waals surface area (Å²) in [5.41, 5.74) is 0. The molecule has 0 bridgehead atoms. The second-order valence-corrected chi connectivity index (χ2v) is 2.41. The molecule has 15 heavy (non-hydrogen) atoms. The molecule has 84 valence electrons. The zero-order valence-corrected chi connectivity index (χ0v) is 8.57. The van der Waals surface area contributed by atoms with E-state index in [0.29, 0.717) is 6.42 Å². The molecule has 0 unspecified atom stereocenters. The Labute approximate surface area is 87.5 Å². The number of carbonyl (C=O) groups excluding carboxylic acids is 3. The molecule has 2 radical (unpaired) electrons. The monoisotopic (exact) mass is 216 g/mol. The summed E-state index contributed by atoms with van der Waals surface area (Å²) in [4.78, 5) is 31.9. The lowest BCUT2D eigenvalue weighted by molar-refractivity contribution is -0.163. The van der Waals surface area contributed by atoms with Gasteiger partial charge in [-0.15, -0.1) is 0 Å². The third-order valence-corrected chi connectivity index (χ3v) is 1.07. The predicted octanol–water partition coefficient (Wildman–Crippen LogP) is 0.0847. The van der Waals surface area contributed by atoms with Gasteiger partial charge in [-0.25, -0.2) is 9.59 Å². The van der Waals surface area contributed by atoms with E-state index in [1.165, 1.54) is 0 Å². The summed E-state index contributed by atoms with van der Waals surface area (Å²) in [6, 6.07) is 0. The number of ether oxygens (including phenoxy) is 3. The number of hydrogen-bond acceptors (Lipinski definition) is 6. The fraction of sp³-hybridized carbons (Fsp3) is 0.556. The van der Waals surface area contributed by atoms with E-state index in [9.17, 15) is 14.4 Å². The third-order valence-electron chi connectivity index (χ3n) is 1.07. The van der Waals surface area contributed by atoms with E-state index < -0.39 is 31.1 Å². The Morgan fingerprint density at radius 3 is 2.20 bits per heavy atom. The smallest absolute Gasteiger partial charge is 0.345 e. The maximum Gasteiger partial charge on any atom is 0.345 e. The molecule has 0 fully saturated rings. The summed E-state index contributed by atoms with van der Waals surface area (Å²) in [6.07, 6.45) is 0.452. The van der Waals surface area contributed by atoms with Crippen molar-refractivity contribution in [2.45, 2.75) is 20.3 Å². The van der Waals surface area contributed by atoms with Crippen LogP contribution in [0.4, 0.5) is 0 Å². The summed E-state index contributed by atoms with van der Waals surface area (Å²) in [6.45, 7) is 4.16. The Morgan fingerprint density at radius 2 is 1.67 bits per heavy atom. The minimum absolute atomic E-state index is 0.452. The summed E-state index contributed by atoms with van der Waals surface area (Å²) >= 11 is 0. The molecule has 0 amide bonds. The van der Waals surface area contributed by atoms with Crippen LogP contribution in [0.2, 0.25) is 0 Å². The first-order chi connectivity index (χ1) is 7.06. The molecule has 0 aromatic rings. The Hall–Kier alpha value is -1.59. The molecule has 6 heteroatoms. The van der Waals surface area contributed by atoms with Gasteiger partial charge in [0, 0.05) is 6.92 Å². The van der Waals surface area contributed by atoms with Crippen LogP contribution in [0.15, 0.2) is 0 Å². The molecule has 0 rings (SSSR count). The molecular weight excluding hydrogens is 204 g/mol. The van der Waals surface area contributed by atoms with E-state index in [1.807, 2.05) is 0 Å². The maximum absolute atomic E-state index is 10.8. The highest BCUT2D eigenvalue weighted by Crippen LogP contribution is 1.90. The minimum Gasteiger partial charge on any atom is -0.454 e.